The second-order valence-corrected chi connectivity index (χ2v) is 11.3. The number of pyridine rings is 4. The van der Waals surface area contributed by atoms with Crippen molar-refractivity contribution in [2.75, 3.05) is 0 Å². The van der Waals surface area contributed by atoms with E-state index in [0.717, 1.165) is 88.6 Å². The number of hydrogen-bond acceptors (Lipinski definition) is 6. The van der Waals surface area contributed by atoms with Crippen LogP contribution in [-0.4, -0.2) is 29.9 Å². The van der Waals surface area contributed by atoms with Gasteiger partial charge in [-0.2, -0.15) is 0 Å². The molecule has 0 bridgehead atoms. The Morgan fingerprint density at radius 3 is 1.80 bits per heavy atom. The van der Waals surface area contributed by atoms with E-state index in [2.05, 4.69) is 124 Å². The highest BCUT2D eigenvalue weighted by Crippen LogP contribution is 2.31. The summed E-state index contributed by atoms with van der Waals surface area (Å²) in [4.78, 5) is 28.0. The maximum atomic E-state index is 5.00. The molecule has 0 unspecified atom stereocenters. The Kier molecular flexibility index (Phi) is 6.03. The number of rotatable bonds is 4. The second kappa shape index (κ2) is 10.6. The minimum Gasteiger partial charge on any atom is -0.261 e. The lowest BCUT2D eigenvalue weighted by Gasteiger charge is -2.09. The third-order valence-electron chi connectivity index (χ3n) is 8.45. The summed E-state index contributed by atoms with van der Waals surface area (Å²) < 4.78 is 0. The molecule has 0 aliphatic rings. The summed E-state index contributed by atoms with van der Waals surface area (Å²) in [5, 5.41) is 4.34. The highest BCUT2D eigenvalue weighted by Gasteiger charge is 2.10. The number of fused-ring (bicyclic) bond motifs is 5. The van der Waals surface area contributed by atoms with Gasteiger partial charge >= 0.3 is 0 Å². The molecule has 6 nitrogen and oxygen atoms in total. The van der Waals surface area contributed by atoms with Crippen molar-refractivity contribution in [3.63, 3.8) is 0 Å². The van der Waals surface area contributed by atoms with Crippen LogP contribution in [0.15, 0.2) is 146 Å². The van der Waals surface area contributed by atoms with E-state index in [1.807, 2.05) is 18.3 Å². The van der Waals surface area contributed by atoms with Gasteiger partial charge in [-0.3, -0.25) is 15.0 Å². The summed E-state index contributed by atoms with van der Waals surface area (Å²) in [5.41, 5.74) is 11.5. The topological polar surface area (TPSA) is 77.3 Å². The number of aromatic nitrogens is 6. The van der Waals surface area contributed by atoms with E-state index < -0.39 is 0 Å². The van der Waals surface area contributed by atoms with Gasteiger partial charge in [0.05, 0.1) is 45.3 Å². The predicted molar refractivity (Wildman–Crippen MR) is 185 cm³/mol. The van der Waals surface area contributed by atoms with E-state index in [1.165, 1.54) is 0 Å². The van der Waals surface area contributed by atoms with Crippen molar-refractivity contribution in [1.82, 2.24) is 29.9 Å². The fraction of sp³-hybridized carbons (Fsp3) is 0. The molecule has 5 heterocycles. The molecular weight excluding hydrogens is 564 g/mol. The van der Waals surface area contributed by atoms with Crippen LogP contribution in [0, 0.1) is 0 Å². The van der Waals surface area contributed by atoms with Crippen LogP contribution < -0.4 is 0 Å². The summed E-state index contributed by atoms with van der Waals surface area (Å²) in [7, 11) is 0. The summed E-state index contributed by atoms with van der Waals surface area (Å²) >= 11 is 0. The Bertz CT molecular complexity index is 2580. The van der Waals surface area contributed by atoms with Crippen LogP contribution in [0.25, 0.3) is 88.6 Å². The predicted octanol–water partition coefficient (Wildman–Crippen LogP) is 9.34. The molecule has 9 rings (SSSR count). The summed E-state index contributed by atoms with van der Waals surface area (Å²) in [5.74, 6) is 0. The summed E-state index contributed by atoms with van der Waals surface area (Å²) in [6.45, 7) is 0. The quantitative estimate of drug-likeness (QED) is 0.191. The van der Waals surface area contributed by atoms with Crippen LogP contribution in [0.2, 0.25) is 0 Å². The molecule has 4 aromatic carbocycles. The Morgan fingerprint density at radius 1 is 0.348 bits per heavy atom. The van der Waals surface area contributed by atoms with Gasteiger partial charge in [-0.05, 0) is 53.6 Å². The normalized spacial score (nSPS) is 11.5. The van der Waals surface area contributed by atoms with Crippen molar-refractivity contribution in [3.05, 3.63) is 146 Å². The van der Waals surface area contributed by atoms with Crippen LogP contribution in [0.1, 0.15) is 0 Å². The lowest BCUT2D eigenvalue weighted by molar-refractivity contribution is 1.19. The van der Waals surface area contributed by atoms with E-state index in [1.54, 1.807) is 18.6 Å². The first-order valence-corrected chi connectivity index (χ1v) is 15.1. The van der Waals surface area contributed by atoms with Crippen LogP contribution in [0.3, 0.4) is 0 Å². The van der Waals surface area contributed by atoms with Gasteiger partial charge in [0.15, 0.2) is 0 Å². The summed E-state index contributed by atoms with van der Waals surface area (Å²) in [6.07, 6.45) is 6.91. The van der Waals surface area contributed by atoms with Gasteiger partial charge in [-0.25, -0.2) is 15.0 Å². The molecule has 0 saturated heterocycles. The van der Waals surface area contributed by atoms with Gasteiger partial charge in [0.2, 0.25) is 0 Å². The largest absolute Gasteiger partial charge is 0.261 e. The van der Waals surface area contributed by atoms with Gasteiger partial charge in [0, 0.05) is 51.3 Å². The standard InChI is InChI=1S/C40H24N6/c1-2-28-8-9-29-12-15-34(46-40(29)39(28)43-19-1)26-5-3-25(4-6-26)33-17-14-32-22-30(13-16-35(32)44-33)31-10-7-27-11-18-36(45-37(27)23-31)38-24-41-20-21-42-38/h1-24H. The van der Waals surface area contributed by atoms with Crippen molar-refractivity contribution < 1.29 is 0 Å². The zero-order valence-corrected chi connectivity index (χ0v) is 24.5. The molecule has 0 spiro atoms. The molecule has 0 N–H and O–H groups in total. The molecule has 0 saturated carbocycles. The van der Waals surface area contributed by atoms with E-state index in [9.17, 15) is 0 Å². The smallest absolute Gasteiger partial charge is 0.107 e. The molecule has 5 aromatic heterocycles. The van der Waals surface area contributed by atoms with Gasteiger partial charge in [0.1, 0.15) is 5.69 Å². The van der Waals surface area contributed by atoms with Crippen molar-refractivity contribution in [1.29, 1.82) is 0 Å². The van der Waals surface area contributed by atoms with Gasteiger partial charge in [0.25, 0.3) is 0 Å². The first-order valence-electron chi connectivity index (χ1n) is 15.1. The van der Waals surface area contributed by atoms with Gasteiger partial charge < -0.3 is 0 Å². The second-order valence-electron chi connectivity index (χ2n) is 11.3. The van der Waals surface area contributed by atoms with Crippen LogP contribution in [0.4, 0.5) is 0 Å². The molecule has 0 aliphatic heterocycles. The van der Waals surface area contributed by atoms with Crippen molar-refractivity contribution in [3.8, 4) is 45.0 Å². The highest BCUT2D eigenvalue weighted by atomic mass is 14.8. The van der Waals surface area contributed by atoms with Gasteiger partial charge in [-0.15, -0.1) is 0 Å². The van der Waals surface area contributed by atoms with E-state index in [-0.39, 0.29) is 0 Å². The van der Waals surface area contributed by atoms with Crippen LogP contribution >= 0.6 is 0 Å². The Balaban J connectivity index is 1.01. The molecule has 9 aromatic rings. The molecular formula is C40H24N6. The molecule has 0 amide bonds. The monoisotopic (exact) mass is 588 g/mol. The SMILES string of the molecule is c1cnc2c(c1)ccc1ccc(-c3ccc(-c4ccc5cc(-c6ccc7ccc(-c8cnccn8)nc7c6)ccc5n4)cc3)nc12. The van der Waals surface area contributed by atoms with Crippen molar-refractivity contribution in [2.24, 2.45) is 0 Å². The molecule has 0 atom stereocenters. The number of nitrogens with zero attached hydrogens (tertiary/aromatic N) is 6. The van der Waals surface area contributed by atoms with Crippen LogP contribution in [0.5, 0.6) is 0 Å². The maximum Gasteiger partial charge on any atom is 0.107 e. The third kappa shape index (κ3) is 4.60. The van der Waals surface area contributed by atoms with E-state index in [4.69, 9.17) is 15.0 Å². The average molecular weight is 589 g/mol. The molecule has 46 heavy (non-hydrogen) atoms. The Hall–Kier alpha value is -6.40. The first-order chi connectivity index (χ1) is 22.7. The average Bonchev–Trinajstić information content (AvgIpc) is 3.14. The number of benzene rings is 4. The molecule has 0 radical (unpaired) electrons. The first kappa shape index (κ1) is 26.0. The fourth-order valence-corrected chi connectivity index (χ4v) is 6.03. The van der Waals surface area contributed by atoms with Crippen molar-refractivity contribution in [2.45, 2.75) is 0 Å². The minimum absolute atomic E-state index is 0.758. The lowest BCUT2D eigenvalue weighted by atomic mass is 10.0. The van der Waals surface area contributed by atoms with Crippen molar-refractivity contribution >= 4 is 43.6 Å². The molecule has 0 fully saturated rings. The highest BCUT2D eigenvalue weighted by molar-refractivity contribution is 6.03. The zero-order chi connectivity index (χ0) is 30.5. The molecule has 0 aliphatic carbocycles. The Labute approximate surface area is 264 Å². The third-order valence-corrected chi connectivity index (χ3v) is 8.45. The molecule has 214 valence electrons. The fourth-order valence-electron chi connectivity index (χ4n) is 6.03. The van der Waals surface area contributed by atoms with E-state index >= 15 is 0 Å². The Morgan fingerprint density at radius 2 is 0.978 bits per heavy atom. The maximum absolute atomic E-state index is 5.00. The van der Waals surface area contributed by atoms with Gasteiger partial charge in [-0.1, -0.05) is 78.9 Å². The number of hydrogen-bond donors (Lipinski definition) is 0. The van der Waals surface area contributed by atoms with Crippen LogP contribution in [-0.2, 0) is 0 Å². The zero-order valence-electron chi connectivity index (χ0n) is 24.5. The summed E-state index contributed by atoms with van der Waals surface area (Å²) in [6, 6.07) is 41.9. The minimum atomic E-state index is 0.758. The lowest BCUT2D eigenvalue weighted by Crippen LogP contribution is -1.90. The van der Waals surface area contributed by atoms with E-state index in [0.29, 0.717) is 0 Å². The molecule has 6 heteroatoms.